The van der Waals surface area contributed by atoms with Crippen molar-refractivity contribution in [2.24, 2.45) is 0 Å². The van der Waals surface area contributed by atoms with Crippen LogP contribution in [0, 0.1) is 0 Å². The Kier molecular flexibility index (Phi) is 6.54. The molecule has 0 aliphatic carbocycles. The number of esters is 1. The summed E-state index contributed by atoms with van der Waals surface area (Å²) in [5.74, 6) is -1.40. The van der Waals surface area contributed by atoms with Gasteiger partial charge in [-0.2, -0.15) is 0 Å². The summed E-state index contributed by atoms with van der Waals surface area (Å²) >= 11 is 5.70. The minimum Gasteiger partial charge on any atom is -0.452 e. The molecular weight excluding hydrogens is 434 g/mol. The van der Waals surface area contributed by atoms with E-state index in [0.717, 1.165) is 0 Å². The Morgan fingerprint density at radius 3 is 2.37 bits per heavy atom. The second kappa shape index (κ2) is 9.29. The lowest BCUT2D eigenvalue weighted by Crippen LogP contribution is -2.21. The van der Waals surface area contributed by atoms with Crippen LogP contribution >= 0.6 is 11.6 Å². The van der Waals surface area contributed by atoms with Crippen molar-refractivity contribution in [3.8, 4) is 0 Å². The Bertz CT molecular complexity index is 1160. The maximum atomic E-state index is 12.3. The molecule has 3 rings (SSSR count). The van der Waals surface area contributed by atoms with Gasteiger partial charge in [-0.15, -0.1) is 0 Å². The number of ether oxygens (including phenoxy) is 1. The normalized spacial score (nSPS) is 10.8. The standard InChI is InChI=1S/C18H14ClN5O5S/c19-15-10-12(6-9-20-15)17(26)29-11-16(25)23-13-2-4-14(5-3-13)30(27,28)24-18-21-7-1-8-22-18/h1-10H,11H2,(H,23,25)(H,21,22,24). The Balaban J connectivity index is 1.56. The monoisotopic (exact) mass is 447 g/mol. The highest BCUT2D eigenvalue weighted by molar-refractivity contribution is 7.92. The number of carbonyl (C=O) groups excluding carboxylic acids is 2. The molecular formula is C18H14ClN5O5S. The molecule has 0 aliphatic heterocycles. The minimum absolute atomic E-state index is 0.0473. The topological polar surface area (TPSA) is 140 Å². The zero-order chi connectivity index (χ0) is 21.6. The summed E-state index contributed by atoms with van der Waals surface area (Å²) in [6, 6.07) is 9.65. The van der Waals surface area contributed by atoms with Crippen LogP contribution in [0.2, 0.25) is 5.15 Å². The Labute approximate surface area is 176 Å². The third-order valence-electron chi connectivity index (χ3n) is 3.54. The summed E-state index contributed by atoms with van der Waals surface area (Å²) in [5, 5.41) is 2.62. The average molecular weight is 448 g/mol. The maximum Gasteiger partial charge on any atom is 0.338 e. The van der Waals surface area contributed by atoms with Gasteiger partial charge in [0.25, 0.3) is 15.9 Å². The van der Waals surface area contributed by atoms with E-state index in [1.54, 1.807) is 6.07 Å². The molecule has 0 unspecified atom stereocenters. The highest BCUT2D eigenvalue weighted by Crippen LogP contribution is 2.16. The molecule has 0 saturated carbocycles. The van der Waals surface area contributed by atoms with Crippen LogP contribution in [0.4, 0.5) is 11.6 Å². The van der Waals surface area contributed by atoms with Gasteiger partial charge in [0, 0.05) is 24.3 Å². The molecule has 30 heavy (non-hydrogen) atoms. The lowest BCUT2D eigenvalue weighted by molar-refractivity contribution is -0.119. The molecule has 0 aliphatic rings. The average Bonchev–Trinajstić information content (AvgIpc) is 2.73. The molecule has 0 saturated heterocycles. The summed E-state index contributed by atoms with van der Waals surface area (Å²) in [6.45, 7) is -0.536. The first-order chi connectivity index (χ1) is 14.3. The first-order valence-electron chi connectivity index (χ1n) is 8.32. The van der Waals surface area contributed by atoms with Crippen molar-refractivity contribution in [1.82, 2.24) is 15.0 Å². The lowest BCUT2D eigenvalue weighted by atomic mass is 10.3. The summed E-state index contributed by atoms with van der Waals surface area (Å²) in [7, 11) is -3.89. The molecule has 0 radical (unpaired) electrons. The number of sulfonamides is 1. The summed E-state index contributed by atoms with van der Waals surface area (Å²) in [6.07, 6.45) is 4.15. The second-order valence-electron chi connectivity index (χ2n) is 5.69. The van der Waals surface area contributed by atoms with E-state index in [-0.39, 0.29) is 21.6 Å². The predicted molar refractivity (Wildman–Crippen MR) is 107 cm³/mol. The SMILES string of the molecule is O=C(COC(=O)c1ccnc(Cl)c1)Nc1ccc(S(=O)(=O)Nc2ncccn2)cc1. The smallest absolute Gasteiger partial charge is 0.338 e. The summed E-state index contributed by atoms with van der Waals surface area (Å²) < 4.78 is 31.8. The number of amides is 1. The van der Waals surface area contributed by atoms with Crippen LogP contribution in [0.25, 0.3) is 0 Å². The van der Waals surface area contributed by atoms with Crippen molar-refractivity contribution in [1.29, 1.82) is 0 Å². The molecule has 2 aromatic heterocycles. The highest BCUT2D eigenvalue weighted by atomic mass is 35.5. The van der Waals surface area contributed by atoms with Gasteiger partial charge in [-0.1, -0.05) is 11.6 Å². The first-order valence-corrected chi connectivity index (χ1v) is 10.2. The van der Waals surface area contributed by atoms with E-state index >= 15 is 0 Å². The number of aromatic nitrogens is 3. The number of pyridine rings is 1. The van der Waals surface area contributed by atoms with E-state index in [2.05, 4.69) is 25.0 Å². The Morgan fingerprint density at radius 2 is 1.70 bits per heavy atom. The van der Waals surface area contributed by atoms with Crippen LogP contribution in [0.3, 0.4) is 0 Å². The maximum absolute atomic E-state index is 12.3. The molecule has 154 valence electrons. The molecule has 1 aromatic carbocycles. The number of halogens is 1. The molecule has 0 bridgehead atoms. The van der Waals surface area contributed by atoms with Crippen molar-refractivity contribution in [2.75, 3.05) is 16.6 Å². The van der Waals surface area contributed by atoms with Crippen LogP contribution in [0.15, 0.2) is 66.0 Å². The fraction of sp³-hybridized carbons (Fsp3) is 0.0556. The van der Waals surface area contributed by atoms with E-state index < -0.39 is 28.5 Å². The zero-order valence-corrected chi connectivity index (χ0v) is 16.7. The van der Waals surface area contributed by atoms with Gasteiger partial charge in [0.2, 0.25) is 5.95 Å². The van der Waals surface area contributed by atoms with Gasteiger partial charge in [-0.05, 0) is 42.5 Å². The van der Waals surface area contributed by atoms with Crippen LogP contribution in [-0.4, -0.2) is 41.9 Å². The summed E-state index contributed by atoms with van der Waals surface area (Å²) in [5.41, 5.74) is 0.477. The van der Waals surface area contributed by atoms with Crippen LogP contribution in [0.1, 0.15) is 10.4 Å². The van der Waals surface area contributed by atoms with Crippen molar-refractivity contribution >= 4 is 45.1 Å². The van der Waals surface area contributed by atoms with Crippen molar-refractivity contribution in [2.45, 2.75) is 4.90 Å². The van der Waals surface area contributed by atoms with E-state index in [0.29, 0.717) is 5.69 Å². The number of nitrogens with zero attached hydrogens (tertiary/aromatic N) is 3. The van der Waals surface area contributed by atoms with Crippen molar-refractivity contribution in [3.05, 3.63) is 71.8 Å². The number of anilines is 2. The zero-order valence-electron chi connectivity index (χ0n) is 15.1. The first kappa shape index (κ1) is 21.1. The van der Waals surface area contributed by atoms with Crippen LogP contribution in [0.5, 0.6) is 0 Å². The third-order valence-corrected chi connectivity index (χ3v) is 5.09. The fourth-order valence-corrected chi connectivity index (χ4v) is 3.32. The van der Waals surface area contributed by atoms with Crippen LogP contribution in [-0.2, 0) is 19.6 Å². The number of carbonyl (C=O) groups is 2. The second-order valence-corrected chi connectivity index (χ2v) is 7.76. The van der Waals surface area contributed by atoms with Crippen molar-refractivity contribution in [3.63, 3.8) is 0 Å². The third kappa shape index (κ3) is 5.72. The highest BCUT2D eigenvalue weighted by Gasteiger charge is 2.16. The van der Waals surface area contributed by atoms with E-state index in [1.807, 2.05) is 0 Å². The van der Waals surface area contributed by atoms with E-state index in [4.69, 9.17) is 16.3 Å². The minimum atomic E-state index is -3.89. The molecule has 10 nitrogen and oxygen atoms in total. The Morgan fingerprint density at radius 1 is 1.00 bits per heavy atom. The molecule has 2 heterocycles. The predicted octanol–water partition coefficient (Wildman–Crippen LogP) is 2.12. The van der Waals surface area contributed by atoms with Gasteiger partial charge in [-0.25, -0.2) is 32.9 Å². The molecule has 0 spiro atoms. The quantitative estimate of drug-likeness (QED) is 0.414. The van der Waals surface area contributed by atoms with Gasteiger partial charge < -0.3 is 10.1 Å². The van der Waals surface area contributed by atoms with Gasteiger partial charge in [0.05, 0.1) is 10.5 Å². The van der Waals surface area contributed by atoms with Gasteiger partial charge in [-0.3, -0.25) is 4.79 Å². The van der Waals surface area contributed by atoms with E-state index in [1.165, 1.54) is 55.0 Å². The lowest BCUT2D eigenvalue weighted by Gasteiger charge is -2.09. The van der Waals surface area contributed by atoms with E-state index in [9.17, 15) is 18.0 Å². The molecule has 1 amide bonds. The molecule has 3 aromatic rings. The molecule has 12 heteroatoms. The molecule has 2 N–H and O–H groups in total. The number of nitrogens with one attached hydrogen (secondary N) is 2. The Hall–Kier alpha value is -3.57. The number of rotatable bonds is 7. The fourth-order valence-electron chi connectivity index (χ4n) is 2.19. The van der Waals surface area contributed by atoms with Crippen molar-refractivity contribution < 1.29 is 22.7 Å². The van der Waals surface area contributed by atoms with Gasteiger partial charge >= 0.3 is 5.97 Å². The molecule has 0 atom stereocenters. The van der Waals surface area contributed by atoms with Gasteiger partial charge in [0.15, 0.2) is 6.61 Å². The van der Waals surface area contributed by atoms with Gasteiger partial charge in [0.1, 0.15) is 5.15 Å². The number of hydrogen-bond donors (Lipinski definition) is 2. The van der Waals surface area contributed by atoms with Crippen LogP contribution < -0.4 is 10.0 Å². The number of hydrogen-bond acceptors (Lipinski definition) is 8. The number of benzene rings is 1. The molecule has 0 fully saturated rings. The largest absolute Gasteiger partial charge is 0.452 e. The summed E-state index contributed by atoms with van der Waals surface area (Å²) in [4.78, 5) is 35.1.